The summed E-state index contributed by atoms with van der Waals surface area (Å²) in [6, 6.07) is 25.5. The monoisotopic (exact) mass is 426 g/mol. The van der Waals surface area contributed by atoms with Crippen molar-refractivity contribution in [3.8, 4) is 0 Å². The summed E-state index contributed by atoms with van der Waals surface area (Å²) in [4.78, 5) is 39.2. The quantitative estimate of drug-likeness (QED) is 0.332. The summed E-state index contributed by atoms with van der Waals surface area (Å²) in [5.41, 5.74) is 2.45. The van der Waals surface area contributed by atoms with E-state index in [0.717, 1.165) is 24.0 Å². The van der Waals surface area contributed by atoms with E-state index in [1.54, 1.807) is 0 Å². The van der Waals surface area contributed by atoms with Gasteiger partial charge in [0.2, 0.25) is 11.8 Å². The number of amides is 2. The average Bonchev–Trinajstić information content (AvgIpc) is 3.10. The lowest BCUT2D eigenvalue weighted by Gasteiger charge is -2.37. The average molecular weight is 426 g/mol. The molecule has 1 saturated heterocycles. The lowest BCUT2D eigenvalue weighted by atomic mass is 9.64. The van der Waals surface area contributed by atoms with E-state index < -0.39 is 16.8 Å². The van der Waals surface area contributed by atoms with Crippen molar-refractivity contribution >= 4 is 23.2 Å². The number of nitro groups is 1. The molecule has 32 heavy (non-hydrogen) atoms. The van der Waals surface area contributed by atoms with Crippen molar-refractivity contribution in [2.24, 2.45) is 11.8 Å². The molecule has 1 saturated carbocycles. The van der Waals surface area contributed by atoms with Gasteiger partial charge in [0.05, 0.1) is 22.4 Å². The fraction of sp³-hybridized carbons (Fsp3) is 0.231. The number of non-ortho nitro benzene ring substituents is 1. The molecule has 0 aromatic heterocycles. The second-order valence-electron chi connectivity index (χ2n) is 8.45. The molecule has 3 aromatic carbocycles. The molecule has 4 atom stereocenters. The number of nitro benzene ring substituents is 1. The molecule has 0 N–H and O–H groups in total. The van der Waals surface area contributed by atoms with Crippen LogP contribution in [0.3, 0.4) is 0 Å². The maximum atomic E-state index is 13.7. The highest BCUT2D eigenvalue weighted by molar-refractivity contribution is 6.22. The van der Waals surface area contributed by atoms with Crippen LogP contribution in [0.1, 0.15) is 35.8 Å². The third kappa shape index (κ3) is 3.28. The maximum Gasteiger partial charge on any atom is 0.269 e. The van der Waals surface area contributed by atoms with Gasteiger partial charge in [-0.1, -0.05) is 60.7 Å². The van der Waals surface area contributed by atoms with Crippen molar-refractivity contribution in [1.29, 1.82) is 0 Å². The van der Waals surface area contributed by atoms with Crippen LogP contribution in [0.2, 0.25) is 0 Å². The van der Waals surface area contributed by atoms with E-state index in [4.69, 9.17) is 0 Å². The van der Waals surface area contributed by atoms with Crippen molar-refractivity contribution in [1.82, 2.24) is 0 Å². The van der Waals surface area contributed by atoms with Crippen molar-refractivity contribution in [2.75, 3.05) is 4.90 Å². The van der Waals surface area contributed by atoms with Gasteiger partial charge in [-0.15, -0.1) is 0 Å². The standard InChI is InChI=1S/C26H22N2O4/c29-25-23-21(17-7-3-1-4-8-17)15-16-22(18-9-5-2-6-10-18)24(23)26(30)27(25)19-11-13-20(14-12-19)28(31)32/h1-14,21-24H,15-16H2/t21-,22+,23-,24-/m1/s1. The molecule has 160 valence electrons. The van der Waals surface area contributed by atoms with Gasteiger partial charge in [-0.05, 0) is 47.9 Å². The number of fused-ring (bicyclic) bond motifs is 1. The van der Waals surface area contributed by atoms with Crippen LogP contribution in [-0.2, 0) is 9.59 Å². The Morgan fingerprint density at radius 3 is 1.53 bits per heavy atom. The number of hydrogen-bond acceptors (Lipinski definition) is 4. The molecule has 5 rings (SSSR count). The number of benzene rings is 3. The van der Waals surface area contributed by atoms with Crippen LogP contribution < -0.4 is 4.90 Å². The number of imide groups is 1. The second-order valence-corrected chi connectivity index (χ2v) is 8.45. The zero-order valence-electron chi connectivity index (χ0n) is 17.3. The van der Waals surface area contributed by atoms with E-state index in [-0.39, 0.29) is 29.3 Å². The van der Waals surface area contributed by atoms with Crippen LogP contribution in [0.5, 0.6) is 0 Å². The fourth-order valence-electron chi connectivity index (χ4n) is 5.40. The smallest absolute Gasteiger partial charge is 0.269 e. The van der Waals surface area contributed by atoms with E-state index in [1.807, 2.05) is 60.7 Å². The molecule has 2 aliphatic rings. The lowest BCUT2D eigenvalue weighted by Crippen LogP contribution is -2.34. The van der Waals surface area contributed by atoms with E-state index in [0.29, 0.717) is 5.69 Å². The highest BCUT2D eigenvalue weighted by Crippen LogP contribution is 2.53. The summed E-state index contributed by atoms with van der Waals surface area (Å²) in [7, 11) is 0. The van der Waals surface area contributed by atoms with E-state index >= 15 is 0 Å². The number of hydrogen-bond donors (Lipinski definition) is 0. The minimum Gasteiger partial charge on any atom is -0.274 e. The zero-order valence-corrected chi connectivity index (χ0v) is 17.3. The first-order valence-electron chi connectivity index (χ1n) is 10.8. The van der Waals surface area contributed by atoms with Gasteiger partial charge in [0.15, 0.2) is 0 Å². The third-order valence-corrected chi connectivity index (χ3v) is 6.83. The molecule has 1 aliphatic carbocycles. The van der Waals surface area contributed by atoms with Crippen LogP contribution >= 0.6 is 0 Å². The summed E-state index contributed by atoms with van der Waals surface area (Å²) in [5, 5.41) is 11.0. The molecule has 2 fully saturated rings. The van der Waals surface area contributed by atoms with Gasteiger partial charge >= 0.3 is 0 Å². The Kier molecular flexibility index (Phi) is 5.05. The minimum absolute atomic E-state index is 0.0411. The molecule has 2 amide bonds. The van der Waals surface area contributed by atoms with Crippen LogP contribution in [-0.4, -0.2) is 16.7 Å². The van der Waals surface area contributed by atoms with Gasteiger partial charge < -0.3 is 0 Å². The van der Waals surface area contributed by atoms with Crippen LogP contribution in [0.15, 0.2) is 84.9 Å². The molecule has 0 bridgehead atoms. The lowest BCUT2D eigenvalue weighted by molar-refractivity contribution is -0.384. The highest BCUT2D eigenvalue weighted by Gasteiger charge is 2.56. The Bertz CT molecular complexity index is 1100. The van der Waals surface area contributed by atoms with Crippen molar-refractivity contribution in [3.63, 3.8) is 0 Å². The van der Waals surface area contributed by atoms with Gasteiger partial charge in [0.1, 0.15) is 0 Å². The Balaban J connectivity index is 1.57. The molecule has 1 aliphatic heterocycles. The summed E-state index contributed by atoms with van der Waals surface area (Å²) in [5.74, 6) is -1.44. The van der Waals surface area contributed by atoms with Gasteiger partial charge in [0, 0.05) is 12.1 Å². The largest absolute Gasteiger partial charge is 0.274 e. The van der Waals surface area contributed by atoms with Crippen molar-refractivity contribution in [3.05, 3.63) is 106 Å². The van der Waals surface area contributed by atoms with E-state index in [2.05, 4.69) is 0 Å². The number of carbonyl (C=O) groups excluding carboxylic acids is 2. The molecule has 0 radical (unpaired) electrons. The first kappa shape index (κ1) is 20.1. The Labute approximate surface area is 185 Å². The summed E-state index contributed by atoms with van der Waals surface area (Å²) >= 11 is 0. The SMILES string of the molecule is O=C1[C@H]2[C@H](C(=O)N1c1ccc([N+](=O)[O-])cc1)[C@H](c1ccccc1)CC[C@@H]2c1ccccc1. The number of carbonyl (C=O) groups is 2. The first-order valence-corrected chi connectivity index (χ1v) is 10.8. The molecule has 0 spiro atoms. The van der Waals surface area contributed by atoms with E-state index in [9.17, 15) is 19.7 Å². The fourth-order valence-corrected chi connectivity index (χ4v) is 5.40. The van der Waals surface area contributed by atoms with Gasteiger partial charge in [-0.2, -0.15) is 0 Å². The summed E-state index contributed by atoms with van der Waals surface area (Å²) in [6.07, 6.45) is 1.63. The second kappa shape index (κ2) is 8.04. The van der Waals surface area contributed by atoms with Crippen LogP contribution in [0.25, 0.3) is 0 Å². The van der Waals surface area contributed by atoms with Gasteiger partial charge in [-0.25, -0.2) is 0 Å². The Hall–Kier alpha value is -3.80. The third-order valence-electron chi connectivity index (χ3n) is 6.83. The maximum absolute atomic E-state index is 13.7. The Morgan fingerprint density at radius 1 is 0.688 bits per heavy atom. The molecular weight excluding hydrogens is 404 g/mol. The first-order chi connectivity index (χ1) is 15.6. The number of rotatable bonds is 4. The molecule has 6 heteroatoms. The molecule has 6 nitrogen and oxygen atoms in total. The van der Waals surface area contributed by atoms with Crippen LogP contribution in [0, 0.1) is 22.0 Å². The van der Waals surface area contributed by atoms with Gasteiger partial charge in [0.25, 0.3) is 5.69 Å². The number of anilines is 1. The van der Waals surface area contributed by atoms with Crippen LogP contribution in [0.4, 0.5) is 11.4 Å². The zero-order chi connectivity index (χ0) is 22.2. The summed E-state index contributed by atoms with van der Waals surface area (Å²) in [6.45, 7) is 0. The molecule has 0 unspecified atom stereocenters. The predicted octanol–water partition coefficient (Wildman–Crippen LogP) is 5.06. The minimum atomic E-state index is -0.492. The molecule has 1 heterocycles. The predicted molar refractivity (Wildman–Crippen MR) is 120 cm³/mol. The normalized spacial score (nSPS) is 24.9. The highest BCUT2D eigenvalue weighted by atomic mass is 16.6. The van der Waals surface area contributed by atoms with E-state index in [1.165, 1.54) is 29.2 Å². The Morgan fingerprint density at radius 2 is 1.12 bits per heavy atom. The van der Waals surface area contributed by atoms with Crippen molar-refractivity contribution in [2.45, 2.75) is 24.7 Å². The topological polar surface area (TPSA) is 80.5 Å². The summed E-state index contributed by atoms with van der Waals surface area (Å²) < 4.78 is 0. The number of nitrogens with zero attached hydrogens (tertiary/aromatic N) is 2. The molecule has 3 aromatic rings. The molecular formula is C26H22N2O4. The van der Waals surface area contributed by atoms with Crippen molar-refractivity contribution < 1.29 is 14.5 Å². The van der Waals surface area contributed by atoms with Gasteiger partial charge in [-0.3, -0.25) is 24.6 Å².